The number of hydrogen-bond acceptors (Lipinski definition) is 3. The highest BCUT2D eigenvalue weighted by Crippen LogP contribution is 2.34. The van der Waals surface area contributed by atoms with Gasteiger partial charge in [0.15, 0.2) is 0 Å². The second-order valence-electron chi connectivity index (χ2n) is 5.13. The molecule has 2 aromatic rings. The van der Waals surface area contributed by atoms with Gasteiger partial charge >= 0.3 is 0 Å². The van der Waals surface area contributed by atoms with Crippen LogP contribution >= 0.6 is 11.3 Å². The normalized spacial score (nSPS) is 20.1. The summed E-state index contributed by atoms with van der Waals surface area (Å²) >= 11 is 1.68. The van der Waals surface area contributed by atoms with Crippen molar-refractivity contribution < 1.29 is 4.79 Å². The molecule has 0 spiro atoms. The number of amides is 1. The first kappa shape index (κ1) is 13.3. The van der Waals surface area contributed by atoms with Gasteiger partial charge in [0, 0.05) is 6.54 Å². The lowest BCUT2D eigenvalue weighted by atomic mass is 10.0. The molecular weight excluding hydrogens is 268 g/mol. The number of carbonyl (C=O) groups excluding carboxylic acids is 1. The first-order valence-electron chi connectivity index (χ1n) is 6.90. The van der Waals surface area contributed by atoms with Crippen molar-refractivity contribution in [2.45, 2.75) is 24.9 Å². The van der Waals surface area contributed by atoms with Crippen LogP contribution in [0.15, 0.2) is 47.2 Å². The molecule has 0 radical (unpaired) electrons. The van der Waals surface area contributed by atoms with E-state index in [1.165, 1.54) is 5.56 Å². The molecular formula is C16H18N2OS. The molecule has 0 aliphatic carbocycles. The molecule has 1 aliphatic rings. The second-order valence-corrected chi connectivity index (χ2v) is 5.91. The van der Waals surface area contributed by atoms with Gasteiger partial charge in [-0.3, -0.25) is 4.79 Å². The van der Waals surface area contributed by atoms with Crippen molar-refractivity contribution in [3.05, 3.63) is 58.3 Å². The minimum atomic E-state index is -0.560. The average Bonchev–Trinajstić information content (AvgIpc) is 3.16. The fourth-order valence-electron chi connectivity index (χ4n) is 2.82. The summed E-state index contributed by atoms with van der Waals surface area (Å²) < 4.78 is 0. The van der Waals surface area contributed by atoms with Crippen LogP contribution in [0.1, 0.15) is 36.1 Å². The SMILES string of the molecule is N[C@@H](C(=O)N1CCCC1c1ccsc1)c1ccccc1. The molecule has 3 nitrogen and oxygen atoms in total. The number of likely N-dealkylation sites (tertiary alicyclic amines) is 1. The molecule has 4 heteroatoms. The Kier molecular flexibility index (Phi) is 3.85. The maximum atomic E-state index is 12.7. The van der Waals surface area contributed by atoms with Crippen LogP contribution in [0, 0.1) is 0 Å². The smallest absolute Gasteiger partial charge is 0.244 e. The molecule has 104 valence electrons. The van der Waals surface area contributed by atoms with Crippen LogP contribution in [0.5, 0.6) is 0 Å². The molecule has 1 aliphatic heterocycles. The number of nitrogens with zero attached hydrogens (tertiary/aromatic N) is 1. The summed E-state index contributed by atoms with van der Waals surface area (Å²) in [5, 5.41) is 4.19. The van der Waals surface area contributed by atoms with Gasteiger partial charge in [0.1, 0.15) is 6.04 Å². The quantitative estimate of drug-likeness (QED) is 0.942. The van der Waals surface area contributed by atoms with Gasteiger partial charge < -0.3 is 10.6 Å². The third kappa shape index (κ3) is 2.49. The number of thiophene rings is 1. The van der Waals surface area contributed by atoms with Crippen molar-refractivity contribution in [1.29, 1.82) is 0 Å². The molecule has 0 saturated carbocycles. The summed E-state index contributed by atoms with van der Waals surface area (Å²) in [6.07, 6.45) is 2.08. The van der Waals surface area contributed by atoms with Gasteiger partial charge in [0.2, 0.25) is 5.91 Å². The Morgan fingerprint density at radius 2 is 2.10 bits per heavy atom. The zero-order chi connectivity index (χ0) is 13.9. The predicted octanol–water partition coefficient (Wildman–Crippen LogP) is 3.11. The summed E-state index contributed by atoms with van der Waals surface area (Å²) in [6, 6.07) is 11.3. The third-order valence-electron chi connectivity index (χ3n) is 3.89. The number of rotatable bonds is 3. The lowest BCUT2D eigenvalue weighted by Gasteiger charge is -2.27. The topological polar surface area (TPSA) is 46.3 Å². The Bertz CT molecular complexity index is 567. The molecule has 3 rings (SSSR count). The van der Waals surface area contributed by atoms with Crippen LogP contribution < -0.4 is 5.73 Å². The second kappa shape index (κ2) is 5.77. The van der Waals surface area contributed by atoms with Crippen molar-refractivity contribution in [2.24, 2.45) is 5.73 Å². The van der Waals surface area contributed by atoms with Gasteiger partial charge in [0.05, 0.1) is 6.04 Å². The summed E-state index contributed by atoms with van der Waals surface area (Å²) in [7, 11) is 0. The van der Waals surface area contributed by atoms with Crippen LogP contribution in [0.2, 0.25) is 0 Å². The van der Waals surface area contributed by atoms with Crippen molar-refractivity contribution in [3.8, 4) is 0 Å². The van der Waals surface area contributed by atoms with E-state index >= 15 is 0 Å². The Balaban J connectivity index is 1.79. The highest BCUT2D eigenvalue weighted by molar-refractivity contribution is 7.07. The van der Waals surface area contributed by atoms with Gasteiger partial charge in [-0.1, -0.05) is 30.3 Å². The lowest BCUT2D eigenvalue weighted by molar-refractivity contribution is -0.133. The van der Waals surface area contributed by atoms with E-state index in [2.05, 4.69) is 16.8 Å². The van der Waals surface area contributed by atoms with E-state index in [0.29, 0.717) is 0 Å². The molecule has 1 aromatic carbocycles. The Morgan fingerprint density at radius 3 is 2.80 bits per heavy atom. The largest absolute Gasteiger partial charge is 0.334 e. The molecule has 1 fully saturated rings. The Labute approximate surface area is 123 Å². The van der Waals surface area contributed by atoms with E-state index in [1.54, 1.807) is 11.3 Å². The maximum Gasteiger partial charge on any atom is 0.244 e. The summed E-state index contributed by atoms with van der Waals surface area (Å²) in [6.45, 7) is 0.805. The monoisotopic (exact) mass is 286 g/mol. The van der Waals surface area contributed by atoms with Gasteiger partial charge in [-0.2, -0.15) is 11.3 Å². The molecule has 1 saturated heterocycles. The van der Waals surface area contributed by atoms with E-state index in [-0.39, 0.29) is 11.9 Å². The maximum absolute atomic E-state index is 12.7. The average molecular weight is 286 g/mol. The Morgan fingerprint density at radius 1 is 1.30 bits per heavy atom. The van der Waals surface area contributed by atoms with Crippen LogP contribution in [0.25, 0.3) is 0 Å². The molecule has 1 unspecified atom stereocenters. The van der Waals surface area contributed by atoms with E-state index in [0.717, 1.165) is 24.9 Å². The summed E-state index contributed by atoms with van der Waals surface area (Å²) in [4.78, 5) is 14.6. The van der Waals surface area contributed by atoms with Gasteiger partial charge in [-0.15, -0.1) is 0 Å². The molecule has 1 amide bonds. The number of benzene rings is 1. The van der Waals surface area contributed by atoms with Crippen molar-refractivity contribution in [2.75, 3.05) is 6.54 Å². The number of nitrogens with two attached hydrogens (primary N) is 1. The molecule has 2 heterocycles. The summed E-state index contributed by atoms with van der Waals surface area (Å²) in [5.41, 5.74) is 8.27. The van der Waals surface area contributed by atoms with E-state index in [4.69, 9.17) is 5.73 Å². The molecule has 0 bridgehead atoms. The molecule has 1 aromatic heterocycles. The highest BCUT2D eigenvalue weighted by atomic mass is 32.1. The minimum Gasteiger partial charge on any atom is -0.334 e. The first-order valence-corrected chi connectivity index (χ1v) is 7.85. The van der Waals surface area contributed by atoms with Crippen LogP contribution in [0.3, 0.4) is 0 Å². The summed E-state index contributed by atoms with van der Waals surface area (Å²) in [5.74, 6) is 0.0323. The van der Waals surface area contributed by atoms with E-state index in [1.807, 2.05) is 35.2 Å². The predicted molar refractivity (Wildman–Crippen MR) is 81.4 cm³/mol. The fourth-order valence-corrected chi connectivity index (χ4v) is 3.53. The number of hydrogen-bond donors (Lipinski definition) is 1. The van der Waals surface area contributed by atoms with Crippen molar-refractivity contribution in [1.82, 2.24) is 4.90 Å². The minimum absolute atomic E-state index is 0.0323. The van der Waals surface area contributed by atoms with Crippen LogP contribution in [-0.2, 0) is 4.79 Å². The molecule has 20 heavy (non-hydrogen) atoms. The zero-order valence-corrected chi connectivity index (χ0v) is 12.1. The van der Waals surface area contributed by atoms with E-state index < -0.39 is 6.04 Å². The number of carbonyl (C=O) groups is 1. The van der Waals surface area contributed by atoms with Crippen LogP contribution in [0.4, 0.5) is 0 Å². The lowest BCUT2D eigenvalue weighted by Crippen LogP contribution is -2.38. The van der Waals surface area contributed by atoms with Crippen molar-refractivity contribution >= 4 is 17.2 Å². The molecule has 2 N–H and O–H groups in total. The first-order chi connectivity index (χ1) is 9.77. The molecule has 2 atom stereocenters. The third-order valence-corrected chi connectivity index (χ3v) is 4.59. The zero-order valence-electron chi connectivity index (χ0n) is 11.2. The Hall–Kier alpha value is -1.65. The van der Waals surface area contributed by atoms with Gasteiger partial charge in [0.25, 0.3) is 0 Å². The fraction of sp³-hybridized carbons (Fsp3) is 0.312. The van der Waals surface area contributed by atoms with Crippen molar-refractivity contribution in [3.63, 3.8) is 0 Å². The highest BCUT2D eigenvalue weighted by Gasteiger charge is 2.33. The van der Waals surface area contributed by atoms with E-state index in [9.17, 15) is 4.79 Å². The van der Waals surface area contributed by atoms with Crippen LogP contribution in [-0.4, -0.2) is 17.4 Å². The standard InChI is InChI=1S/C16H18N2OS/c17-15(12-5-2-1-3-6-12)16(19)18-9-4-7-14(18)13-8-10-20-11-13/h1-3,5-6,8,10-11,14-15H,4,7,9,17H2/t14?,15-/m1/s1. The van der Waals surface area contributed by atoms with Gasteiger partial charge in [-0.05, 0) is 40.8 Å². The van der Waals surface area contributed by atoms with Gasteiger partial charge in [-0.25, -0.2) is 0 Å².